The largest absolute Gasteiger partial charge is 0.497 e. The van der Waals surface area contributed by atoms with Gasteiger partial charge in [0.2, 0.25) is 5.91 Å². The van der Waals surface area contributed by atoms with Gasteiger partial charge in [0.25, 0.3) is 0 Å². The van der Waals surface area contributed by atoms with E-state index in [-0.39, 0.29) is 5.91 Å². The van der Waals surface area contributed by atoms with Crippen LogP contribution in [0.3, 0.4) is 0 Å². The van der Waals surface area contributed by atoms with Crippen LogP contribution in [0.5, 0.6) is 5.75 Å². The predicted octanol–water partition coefficient (Wildman–Crippen LogP) is 4.10. The van der Waals surface area contributed by atoms with Gasteiger partial charge in [-0.25, -0.2) is 5.48 Å². The molecule has 9 heteroatoms. The SMILES string of the molecule is COc1ccc2ncc(CN3CCOCC3)c(CCCC3(C(=O)NO)CCN(CC#Cc4cccs4)CC3)c2c1. The first-order valence-electron chi connectivity index (χ1n) is 14.0. The molecule has 2 aromatic heterocycles. The number of hydroxylamine groups is 1. The Bertz CT molecular complexity index is 1340. The smallest absolute Gasteiger partial charge is 0.249 e. The number of ether oxygens (including phenoxy) is 2. The number of fused-ring (bicyclic) bond motifs is 1. The number of thiophene rings is 1. The van der Waals surface area contributed by atoms with E-state index in [0.29, 0.717) is 25.8 Å². The summed E-state index contributed by atoms with van der Waals surface area (Å²) in [5, 5.41) is 12.8. The number of methoxy groups -OCH3 is 1. The second kappa shape index (κ2) is 13.6. The summed E-state index contributed by atoms with van der Waals surface area (Å²) < 4.78 is 11.1. The van der Waals surface area contributed by atoms with E-state index < -0.39 is 5.41 Å². The maximum absolute atomic E-state index is 13.0. The van der Waals surface area contributed by atoms with Gasteiger partial charge in [-0.05, 0) is 72.9 Å². The molecule has 2 aliphatic heterocycles. The number of nitrogens with one attached hydrogen (secondary N) is 1. The Morgan fingerprint density at radius 3 is 2.75 bits per heavy atom. The predicted molar refractivity (Wildman–Crippen MR) is 157 cm³/mol. The summed E-state index contributed by atoms with van der Waals surface area (Å²) in [6.45, 7) is 6.38. The molecule has 0 radical (unpaired) electrons. The van der Waals surface area contributed by atoms with Gasteiger partial charge in [-0.3, -0.25) is 24.8 Å². The highest BCUT2D eigenvalue weighted by molar-refractivity contribution is 7.10. The van der Waals surface area contributed by atoms with Crippen molar-refractivity contribution in [3.8, 4) is 17.6 Å². The number of likely N-dealkylation sites (tertiary alicyclic amines) is 1. The van der Waals surface area contributed by atoms with E-state index in [1.807, 2.05) is 41.3 Å². The molecule has 4 heterocycles. The molecule has 2 saturated heterocycles. The molecule has 5 rings (SSSR count). The molecule has 0 atom stereocenters. The first-order chi connectivity index (χ1) is 19.6. The number of morpholine rings is 1. The van der Waals surface area contributed by atoms with Crippen LogP contribution in [0.1, 0.15) is 41.7 Å². The summed E-state index contributed by atoms with van der Waals surface area (Å²) in [5.41, 5.74) is 4.81. The fourth-order valence-corrected chi connectivity index (χ4v) is 6.46. The van der Waals surface area contributed by atoms with Crippen LogP contribution < -0.4 is 10.2 Å². The molecule has 2 fully saturated rings. The molecule has 8 nitrogen and oxygen atoms in total. The van der Waals surface area contributed by atoms with Crippen molar-refractivity contribution in [1.82, 2.24) is 20.3 Å². The van der Waals surface area contributed by atoms with E-state index in [1.165, 1.54) is 11.1 Å². The van der Waals surface area contributed by atoms with Crippen LogP contribution in [0.4, 0.5) is 0 Å². The van der Waals surface area contributed by atoms with E-state index in [1.54, 1.807) is 18.4 Å². The number of aromatic nitrogens is 1. The second-order valence-corrected chi connectivity index (χ2v) is 11.6. The first-order valence-corrected chi connectivity index (χ1v) is 14.9. The number of nitrogens with zero attached hydrogens (tertiary/aromatic N) is 3. The summed E-state index contributed by atoms with van der Waals surface area (Å²) in [6, 6.07) is 10.1. The summed E-state index contributed by atoms with van der Waals surface area (Å²) in [6.07, 6.45) is 5.77. The average Bonchev–Trinajstić information content (AvgIpc) is 3.52. The minimum absolute atomic E-state index is 0.272. The normalized spacial score (nSPS) is 17.8. The fourth-order valence-electron chi connectivity index (χ4n) is 5.87. The Kier molecular flexibility index (Phi) is 9.68. The molecular formula is C31H38N4O4S. The average molecular weight is 563 g/mol. The van der Waals surface area contributed by atoms with E-state index >= 15 is 0 Å². The van der Waals surface area contributed by atoms with Gasteiger partial charge >= 0.3 is 0 Å². The van der Waals surface area contributed by atoms with E-state index in [9.17, 15) is 10.0 Å². The number of amides is 1. The molecule has 3 aromatic rings. The molecule has 0 spiro atoms. The van der Waals surface area contributed by atoms with Crippen molar-refractivity contribution in [2.24, 2.45) is 5.41 Å². The van der Waals surface area contributed by atoms with Crippen molar-refractivity contribution in [2.45, 2.75) is 38.6 Å². The maximum atomic E-state index is 13.0. The van der Waals surface area contributed by atoms with Crippen LogP contribution in [-0.4, -0.2) is 78.9 Å². The summed E-state index contributed by atoms with van der Waals surface area (Å²) in [5.74, 6) is 7.02. The summed E-state index contributed by atoms with van der Waals surface area (Å²) in [4.78, 5) is 23.5. The molecule has 40 heavy (non-hydrogen) atoms. The zero-order chi connectivity index (χ0) is 27.8. The standard InChI is InChI=1S/C31H38N4O4S/c1-38-25-8-9-29-28(21-25)27(24(22-32-29)23-35-16-18-39-19-17-35)7-2-10-31(30(36)33-37)11-14-34(15-12-31)13-3-5-26-6-4-20-40-26/h4,6,8-9,20-22,37H,2,7,10-19,23H2,1H3,(H,33,36). The number of piperidine rings is 1. The molecule has 1 aromatic carbocycles. The number of benzene rings is 1. The lowest BCUT2D eigenvalue weighted by Gasteiger charge is -2.39. The zero-order valence-corrected chi connectivity index (χ0v) is 24.0. The van der Waals surface area contributed by atoms with Gasteiger partial charge < -0.3 is 9.47 Å². The quantitative estimate of drug-likeness (QED) is 0.231. The number of pyridine rings is 1. The molecule has 2 aliphatic rings. The van der Waals surface area contributed by atoms with E-state index in [2.05, 4.69) is 27.7 Å². The highest BCUT2D eigenvalue weighted by atomic mass is 32.1. The Hall–Kier alpha value is -3.00. The highest BCUT2D eigenvalue weighted by Gasteiger charge is 2.40. The topological polar surface area (TPSA) is 87.2 Å². The van der Waals surface area contributed by atoms with Crippen LogP contribution in [0.15, 0.2) is 41.9 Å². The Morgan fingerprint density at radius 2 is 2.02 bits per heavy atom. The van der Waals surface area contributed by atoms with Crippen LogP contribution in [-0.2, 0) is 22.5 Å². The molecule has 0 unspecified atom stereocenters. The number of aryl methyl sites for hydroxylation is 1. The third-order valence-electron chi connectivity index (χ3n) is 8.29. The fraction of sp³-hybridized carbons (Fsp3) is 0.484. The lowest BCUT2D eigenvalue weighted by Crippen LogP contribution is -2.48. The minimum Gasteiger partial charge on any atom is -0.497 e. The van der Waals surface area contributed by atoms with Crippen molar-refractivity contribution in [2.75, 3.05) is 53.0 Å². The molecule has 0 bridgehead atoms. The van der Waals surface area contributed by atoms with Crippen LogP contribution in [0.2, 0.25) is 0 Å². The van der Waals surface area contributed by atoms with Gasteiger partial charge in [0, 0.05) is 44.3 Å². The molecule has 0 aliphatic carbocycles. The number of hydrogen-bond donors (Lipinski definition) is 2. The van der Waals surface area contributed by atoms with Gasteiger partial charge in [-0.2, -0.15) is 0 Å². The Morgan fingerprint density at radius 1 is 1.20 bits per heavy atom. The molecular weight excluding hydrogens is 524 g/mol. The second-order valence-electron chi connectivity index (χ2n) is 10.7. The number of rotatable bonds is 9. The van der Waals surface area contributed by atoms with Gasteiger partial charge in [-0.1, -0.05) is 17.9 Å². The van der Waals surface area contributed by atoms with Crippen LogP contribution in [0, 0.1) is 17.3 Å². The highest BCUT2D eigenvalue weighted by Crippen LogP contribution is 2.38. The third kappa shape index (κ3) is 6.82. The molecule has 0 saturated carbocycles. The Balaban J connectivity index is 1.29. The van der Waals surface area contributed by atoms with Gasteiger partial charge in [0.05, 0.1) is 42.7 Å². The van der Waals surface area contributed by atoms with Crippen LogP contribution >= 0.6 is 11.3 Å². The number of carbonyl (C=O) groups excluding carboxylic acids is 1. The minimum atomic E-state index is -0.586. The van der Waals surface area contributed by atoms with Crippen molar-refractivity contribution in [3.63, 3.8) is 0 Å². The molecule has 1 amide bonds. The van der Waals surface area contributed by atoms with Gasteiger partial charge in [0.15, 0.2) is 0 Å². The van der Waals surface area contributed by atoms with Crippen molar-refractivity contribution < 1.29 is 19.5 Å². The zero-order valence-electron chi connectivity index (χ0n) is 23.2. The van der Waals surface area contributed by atoms with E-state index in [4.69, 9.17) is 14.5 Å². The lowest BCUT2D eigenvalue weighted by molar-refractivity contribution is -0.143. The molecule has 2 N–H and O–H groups in total. The van der Waals surface area contributed by atoms with Crippen LogP contribution in [0.25, 0.3) is 10.9 Å². The van der Waals surface area contributed by atoms with Gasteiger partial charge in [-0.15, -0.1) is 11.3 Å². The van der Waals surface area contributed by atoms with Crippen molar-refractivity contribution in [3.05, 3.63) is 57.9 Å². The summed E-state index contributed by atoms with van der Waals surface area (Å²) >= 11 is 1.64. The monoisotopic (exact) mass is 562 g/mol. The van der Waals surface area contributed by atoms with E-state index in [0.717, 1.165) is 80.3 Å². The van der Waals surface area contributed by atoms with Gasteiger partial charge in [0.1, 0.15) is 5.75 Å². The third-order valence-corrected chi connectivity index (χ3v) is 9.07. The van der Waals surface area contributed by atoms with Crippen molar-refractivity contribution in [1.29, 1.82) is 0 Å². The number of hydrogen-bond acceptors (Lipinski definition) is 8. The molecule has 212 valence electrons. The Labute approximate surface area is 240 Å². The lowest BCUT2D eigenvalue weighted by atomic mass is 9.73. The number of carbonyl (C=O) groups is 1. The maximum Gasteiger partial charge on any atom is 0.249 e. The van der Waals surface area contributed by atoms with Crippen molar-refractivity contribution >= 4 is 28.1 Å². The first kappa shape index (κ1) is 28.5. The summed E-state index contributed by atoms with van der Waals surface area (Å²) in [7, 11) is 1.68.